The number of aromatic nitrogens is 4. The molecule has 1 aliphatic rings. The molecule has 0 amide bonds. The van der Waals surface area contributed by atoms with Gasteiger partial charge in [0.2, 0.25) is 0 Å². The van der Waals surface area contributed by atoms with Crippen LogP contribution in [0.5, 0.6) is 0 Å². The molecule has 1 atom stereocenters. The first-order valence-corrected chi connectivity index (χ1v) is 9.12. The molecule has 0 aliphatic carbocycles. The fourth-order valence-electron chi connectivity index (χ4n) is 3.73. The maximum Gasteiger partial charge on any atom is 0.453 e. The maximum absolute atomic E-state index is 13.1. The van der Waals surface area contributed by atoms with Crippen molar-refractivity contribution in [1.82, 2.24) is 19.8 Å². The molecule has 5 nitrogen and oxygen atoms in total. The molecule has 1 fully saturated rings. The Bertz CT molecular complexity index is 907. The zero-order chi connectivity index (χ0) is 18.9. The highest BCUT2D eigenvalue weighted by atomic mass is 19.4. The molecule has 4 rings (SSSR count). The molecule has 27 heavy (non-hydrogen) atoms. The van der Waals surface area contributed by atoms with E-state index in [0.29, 0.717) is 11.9 Å². The average Bonchev–Trinajstić information content (AvgIpc) is 3.28. The minimum absolute atomic E-state index is 0.103. The van der Waals surface area contributed by atoms with Gasteiger partial charge in [-0.2, -0.15) is 17.7 Å². The molecule has 3 aromatic rings. The summed E-state index contributed by atoms with van der Waals surface area (Å²) in [6.07, 6.45) is 0.496. The van der Waals surface area contributed by atoms with E-state index in [-0.39, 0.29) is 5.65 Å². The van der Waals surface area contributed by atoms with Crippen molar-refractivity contribution in [2.45, 2.75) is 44.3 Å². The van der Waals surface area contributed by atoms with Crippen LogP contribution >= 0.6 is 0 Å². The summed E-state index contributed by atoms with van der Waals surface area (Å²) in [7, 11) is 0. The lowest BCUT2D eigenvalue weighted by atomic mass is 10.0. The second-order valence-electron chi connectivity index (χ2n) is 6.85. The van der Waals surface area contributed by atoms with Crippen LogP contribution in [0.2, 0.25) is 0 Å². The van der Waals surface area contributed by atoms with Gasteiger partial charge in [-0.05, 0) is 49.8 Å². The predicted octanol–water partition coefficient (Wildman–Crippen LogP) is 4.13. The van der Waals surface area contributed by atoms with Crippen molar-refractivity contribution in [1.29, 1.82) is 0 Å². The van der Waals surface area contributed by atoms with Gasteiger partial charge in [-0.15, -0.1) is 15.3 Å². The summed E-state index contributed by atoms with van der Waals surface area (Å²) in [5.41, 5.74) is 1.41. The Morgan fingerprint density at radius 3 is 2.63 bits per heavy atom. The van der Waals surface area contributed by atoms with Crippen molar-refractivity contribution in [3.05, 3.63) is 53.9 Å². The number of anilines is 1. The molecule has 0 N–H and O–H groups in total. The van der Waals surface area contributed by atoms with Gasteiger partial charge in [0.1, 0.15) is 5.82 Å². The number of fused-ring (bicyclic) bond motifs is 1. The van der Waals surface area contributed by atoms with Crippen LogP contribution in [0, 0.1) is 0 Å². The first kappa shape index (κ1) is 17.8. The SMILES string of the molecule is FC(F)(F)c1nnc2ccc(N3CCCC3CCCc3ccccc3)nn12. The molecule has 0 spiro atoms. The second-order valence-corrected chi connectivity index (χ2v) is 6.85. The van der Waals surface area contributed by atoms with Crippen molar-refractivity contribution in [2.24, 2.45) is 0 Å². The van der Waals surface area contributed by atoms with E-state index in [1.807, 2.05) is 18.2 Å². The van der Waals surface area contributed by atoms with Crippen molar-refractivity contribution in [3.8, 4) is 0 Å². The minimum Gasteiger partial charge on any atom is -0.352 e. The summed E-state index contributed by atoms with van der Waals surface area (Å²) >= 11 is 0. The quantitative estimate of drug-likeness (QED) is 0.673. The van der Waals surface area contributed by atoms with Crippen molar-refractivity contribution < 1.29 is 13.2 Å². The summed E-state index contributed by atoms with van der Waals surface area (Å²) in [5.74, 6) is -0.533. The highest BCUT2D eigenvalue weighted by molar-refractivity contribution is 5.47. The number of halogens is 3. The molecule has 0 saturated carbocycles. The summed E-state index contributed by atoms with van der Waals surface area (Å²) in [4.78, 5) is 2.12. The van der Waals surface area contributed by atoms with Gasteiger partial charge in [0.25, 0.3) is 5.82 Å². The minimum atomic E-state index is -4.58. The number of benzene rings is 1. The molecule has 1 aliphatic heterocycles. The van der Waals surface area contributed by atoms with Crippen LogP contribution in [0.1, 0.15) is 37.1 Å². The molecular weight excluding hydrogens is 355 g/mol. The Morgan fingerprint density at radius 1 is 1.04 bits per heavy atom. The monoisotopic (exact) mass is 375 g/mol. The first-order valence-electron chi connectivity index (χ1n) is 9.12. The van der Waals surface area contributed by atoms with Gasteiger partial charge in [0, 0.05) is 12.6 Å². The lowest BCUT2D eigenvalue weighted by Crippen LogP contribution is -2.30. The third-order valence-corrected chi connectivity index (χ3v) is 5.02. The molecule has 142 valence electrons. The fraction of sp³-hybridized carbons (Fsp3) is 0.421. The van der Waals surface area contributed by atoms with Crippen molar-refractivity contribution >= 4 is 11.5 Å². The number of alkyl halides is 3. The largest absolute Gasteiger partial charge is 0.453 e. The van der Waals surface area contributed by atoms with E-state index in [0.717, 1.165) is 43.2 Å². The summed E-state index contributed by atoms with van der Waals surface area (Å²) in [6.45, 7) is 0.804. The third kappa shape index (κ3) is 3.74. The summed E-state index contributed by atoms with van der Waals surface area (Å²) < 4.78 is 40.1. The highest BCUT2D eigenvalue weighted by Gasteiger charge is 2.38. The Kier molecular flexibility index (Phi) is 4.72. The van der Waals surface area contributed by atoms with Crippen LogP contribution in [-0.2, 0) is 12.6 Å². The molecule has 1 aromatic carbocycles. The maximum atomic E-state index is 13.1. The topological polar surface area (TPSA) is 46.3 Å². The Balaban J connectivity index is 1.49. The van der Waals surface area contributed by atoms with Crippen molar-refractivity contribution in [3.63, 3.8) is 0 Å². The van der Waals surface area contributed by atoms with E-state index in [2.05, 4.69) is 32.3 Å². The lowest BCUT2D eigenvalue weighted by Gasteiger charge is -2.25. The number of nitrogens with zero attached hydrogens (tertiary/aromatic N) is 5. The number of aryl methyl sites for hydroxylation is 1. The van der Waals surface area contributed by atoms with Gasteiger partial charge >= 0.3 is 6.18 Å². The highest BCUT2D eigenvalue weighted by Crippen LogP contribution is 2.30. The lowest BCUT2D eigenvalue weighted by molar-refractivity contribution is -0.146. The van der Waals surface area contributed by atoms with Crippen LogP contribution in [0.3, 0.4) is 0 Å². The fourth-order valence-corrected chi connectivity index (χ4v) is 3.73. The van der Waals surface area contributed by atoms with E-state index in [4.69, 9.17) is 0 Å². The first-order chi connectivity index (χ1) is 13.0. The van der Waals surface area contributed by atoms with Crippen LogP contribution in [0.4, 0.5) is 19.0 Å². The zero-order valence-electron chi connectivity index (χ0n) is 14.7. The van der Waals surface area contributed by atoms with Gasteiger partial charge < -0.3 is 4.90 Å². The summed E-state index contributed by atoms with van der Waals surface area (Å²) in [6, 6.07) is 13.9. The Morgan fingerprint density at radius 2 is 1.85 bits per heavy atom. The number of hydrogen-bond acceptors (Lipinski definition) is 4. The predicted molar refractivity (Wildman–Crippen MR) is 95.5 cm³/mol. The molecule has 8 heteroatoms. The smallest absolute Gasteiger partial charge is 0.352 e. The Hall–Kier alpha value is -2.64. The van der Waals surface area contributed by atoms with E-state index >= 15 is 0 Å². The molecule has 0 bridgehead atoms. The van der Waals surface area contributed by atoms with Gasteiger partial charge in [0.05, 0.1) is 0 Å². The van der Waals surface area contributed by atoms with E-state index < -0.39 is 12.0 Å². The van der Waals surface area contributed by atoms with Crippen molar-refractivity contribution in [2.75, 3.05) is 11.4 Å². The molecule has 3 heterocycles. The third-order valence-electron chi connectivity index (χ3n) is 5.02. The van der Waals surface area contributed by atoms with E-state index in [1.54, 1.807) is 12.1 Å². The van der Waals surface area contributed by atoms with Gasteiger partial charge in [-0.1, -0.05) is 30.3 Å². The van der Waals surface area contributed by atoms with E-state index in [1.165, 1.54) is 5.56 Å². The van der Waals surface area contributed by atoms with Gasteiger partial charge in [0.15, 0.2) is 5.65 Å². The Labute approximate surface area is 154 Å². The summed E-state index contributed by atoms with van der Waals surface area (Å²) in [5, 5.41) is 11.0. The normalized spacial score (nSPS) is 17.7. The molecule has 1 saturated heterocycles. The van der Waals surface area contributed by atoms with E-state index in [9.17, 15) is 13.2 Å². The van der Waals surface area contributed by atoms with Crippen LogP contribution in [0.25, 0.3) is 5.65 Å². The van der Waals surface area contributed by atoms with Gasteiger partial charge in [-0.3, -0.25) is 0 Å². The van der Waals surface area contributed by atoms with Crippen LogP contribution in [0.15, 0.2) is 42.5 Å². The van der Waals surface area contributed by atoms with Crippen LogP contribution < -0.4 is 4.90 Å². The van der Waals surface area contributed by atoms with Crippen LogP contribution in [-0.4, -0.2) is 32.4 Å². The standard InChI is InChI=1S/C19H20F3N5/c20-19(21,22)18-24-23-16-11-12-17(25-27(16)18)26-13-5-10-15(26)9-4-8-14-6-2-1-3-7-14/h1-3,6-7,11-12,15H,4-5,8-10,13H2. The molecular formula is C19H20F3N5. The second kappa shape index (κ2) is 7.17. The molecule has 0 radical (unpaired) electrons. The molecule has 2 aromatic heterocycles. The average molecular weight is 375 g/mol. The van der Waals surface area contributed by atoms with Gasteiger partial charge in [-0.25, -0.2) is 0 Å². The number of rotatable bonds is 5. The number of hydrogen-bond donors (Lipinski definition) is 0. The molecule has 1 unspecified atom stereocenters. The zero-order valence-corrected chi connectivity index (χ0v) is 14.7.